The summed E-state index contributed by atoms with van der Waals surface area (Å²) >= 11 is 0. The lowest BCUT2D eigenvalue weighted by Gasteiger charge is -2.19. The zero-order valence-electron chi connectivity index (χ0n) is 11.5. The van der Waals surface area contributed by atoms with Crippen LogP contribution in [-0.4, -0.2) is 35.0 Å². The third-order valence-electron chi connectivity index (χ3n) is 3.13. The molecule has 1 amide bonds. The summed E-state index contributed by atoms with van der Waals surface area (Å²) in [4.78, 5) is 23.9. The monoisotopic (exact) mass is 264 g/mol. The van der Waals surface area contributed by atoms with E-state index in [9.17, 15) is 9.59 Å². The predicted molar refractivity (Wildman–Crippen MR) is 72.6 cm³/mol. The molecule has 1 aromatic rings. The first-order valence-electron chi connectivity index (χ1n) is 6.09. The number of nitrogens with two attached hydrogens (primary N) is 1. The predicted octanol–water partition coefficient (Wildman–Crippen LogP) is 1.06. The van der Waals surface area contributed by atoms with Crippen LogP contribution < -0.4 is 5.73 Å². The average molecular weight is 264 g/mol. The molecule has 0 radical (unpaired) electrons. The van der Waals surface area contributed by atoms with E-state index in [0.29, 0.717) is 6.54 Å². The maximum absolute atomic E-state index is 11.8. The van der Waals surface area contributed by atoms with Gasteiger partial charge in [-0.1, -0.05) is 18.2 Å². The highest BCUT2D eigenvalue weighted by Crippen LogP contribution is 2.12. The summed E-state index contributed by atoms with van der Waals surface area (Å²) in [5.74, 6) is -1.43. The van der Waals surface area contributed by atoms with Crippen molar-refractivity contribution in [1.29, 1.82) is 0 Å². The van der Waals surface area contributed by atoms with Gasteiger partial charge in [-0.25, -0.2) is 0 Å². The number of carbonyl (C=O) groups is 2. The van der Waals surface area contributed by atoms with Gasteiger partial charge in [-0.05, 0) is 30.5 Å². The molecule has 0 spiro atoms. The zero-order valence-corrected chi connectivity index (χ0v) is 11.5. The molecule has 104 valence electrons. The molecule has 0 heterocycles. The van der Waals surface area contributed by atoms with Crippen LogP contribution in [0.2, 0.25) is 0 Å². The Morgan fingerprint density at radius 1 is 1.32 bits per heavy atom. The second-order valence-electron chi connectivity index (χ2n) is 4.82. The van der Waals surface area contributed by atoms with Crippen molar-refractivity contribution in [2.24, 2.45) is 5.73 Å². The van der Waals surface area contributed by atoms with Gasteiger partial charge in [-0.2, -0.15) is 0 Å². The highest BCUT2D eigenvalue weighted by Gasteiger charge is 2.19. The number of carboxylic acids is 1. The summed E-state index contributed by atoms with van der Waals surface area (Å²) in [6.45, 7) is 4.49. The fourth-order valence-electron chi connectivity index (χ4n) is 1.70. The van der Waals surface area contributed by atoms with Gasteiger partial charge in [0.25, 0.3) is 0 Å². The fourth-order valence-corrected chi connectivity index (χ4v) is 1.70. The summed E-state index contributed by atoms with van der Waals surface area (Å²) in [7, 11) is 1.64. The summed E-state index contributed by atoms with van der Waals surface area (Å²) in [5.41, 5.74) is 8.73. The number of hydrogen-bond acceptors (Lipinski definition) is 3. The molecule has 5 nitrogen and oxygen atoms in total. The van der Waals surface area contributed by atoms with Crippen LogP contribution in [0, 0.1) is 13.8 Å². The number of nitrogens with zero attached hydrogens (tertiary/aromatic N) is 1. The Morgan fingerprint density at radius 2 is 1.95 bits per heavy atom. The highest BCUT2D eigenvalue weighted by molar-refractivity contribution is 5.84. The van der Waals surface area contributed by atoms with E-state index >= 15 is 0 Å². The van der Waals surface area contributed by atoms with Crippen LogP contribution in [0.15, 0.2) is 18.2 Å². The minimum absolute atomic E-state index is 0.184. The molecular formula is C14H20N2O3. The maximum Gasteiger partial charge on any atom is 0.321 e. The van der Waals surface area contributed by atoms with Crippen LogP contribution in [0.5, 0.6) is 0 Å². The van der Waals surface area contributed by atoms with Gasteiger partial charge in [-0.3, -0.25) is 9.59 Å². The first-order valence-corrected chi connectivity index (χ1v) is 6.09. The van der Waals surface area contributed by atoms with E-state index in [0.717, 1.165) is 5.56 Å². The van der Waals surface area contributed by atoms with Crippen molar-refractivity contribution >= 4 is 11.9 Å². The molecule has 0 aliphatic rings. The van der Waals surface area contributed by atoms with Crippen LogP contribution in [0.4, 0.5) is 0 Å². The molecule has 1 aromatic carbocycles. The third-order valence-corrected chi connectivity index (χ3v) is 3.13. The van der Waals surface area contributed by atoms with E-state index in [2.05, 4.69) is 0 Å². The number of amides is 1. The molecule has 19 heavy (non-hydrogen) atoms. The molecule has 1 rings (SSSR count). The number of aliphatic carboxylic acids is 1. The van der Waals surface area contributed by atoms with Gasteiger partial charge < -0.3 is 15.7 Å². The van der Waals surface area contributed by atoms with Gasteiger partial charge in [0.05, 0.1) is 6.42 Å². The molecular weight excluding hydrogens is 244 g/mol. The molecule has 0 fully saturated rings. The number of hydrogen-bond donors (Lipinski definition) is 2. The minimum atomic E-state index is -1.16. The highest BCUT2D eigenvalue weighted by atomic mass is 16.4. The lowest BCUT2D eigenvalue weighted by Crippen LogP contribution is -2.37. The molecule has 0 saturated carbocycles. The van der Waals surface area contributed by atoms with E-state index in [-0.39, 0.29) is 12.3 Å². The van der Waals surface area contributed by atoms with Crippen LogP contribution >= 0.6 is 0 Å². The van der Waals surface area contributed by atoms with Gasteiger partial charge in [-0.15, -0.1) is 0 Å². The molecule has 0 aliphatic carbocycles. The number of rotatable bonds is 5. The Hall–Kier alpha value is -1.88. The van der Waals surface area contributed by atoms with Crippen molar-refractivity contribution in [3.05, 3.63) is 34.9 Å². The van der Waals surface area contributed by atoms with E-state index in [1.807, 2.05) is 32.0 Å². The first kappa shape index (κ1) is 15.2. The van der Waals surface area contributed by atoms with Gasteiger partial charge in [0.15, 0.2) is 0 Å². The molecule has 3 N–H and O–H groups in total. The quantitative estimate of drug-likeness (QED) is 0.833. The second kappa shape index (κ2) is 6.33. The first-order chi connectivity index (χ1) is 8.81. The second-order valence-corrected chi connectivity index (χ2v) is 4.82. The summed E-state index contributed by atoms with van der Waals surface area (Å²) in [6, 6.07) is 4.85. The lowest BCUT2D eigenvalue weighted by molar-refractivity contribution is -0.142. The molecule has 0 bridgehead atoms. The van der Waals surface area contributed by atoms with Crippen molar-refractivity contribution in [3.63, 3.8) is 0 Å². The van der Waals surface area contributed by atoms with Crippen LogP contribution in [0.25, 0.3) is 0 Å². The molecule has 5 heteroatoms. The Morgan fingerprint density at radius 3 is 2.47 bits per heavy atom. The number of carboxylic acid groups (broad SMARTS) is 1. The van der Waals surface area contributed by atoms with Gasteiger partial charge in [0.2, 0.25) is 5.91 Å². The number of carbonyl (C=O) groups excluding carboxylic acids is 1. The Bertz CT molecular complexity index is 486. The summed E-state index contributed by atoms with van der Waals surface area (Å²) < 4.78 is 0. The zero-order chi connectivity index (χ0) is 14.6. The molecule has 1 atom stereocenters. The Kier molecular flexibility index (Phi) is 5.06. The third kappa shape index (κ3) is 4.37. The van der Waals surface area contributed by atoms with Gasteiger partial charge in [0.1, 0.15) is 6.04 Å². The smallest absolute Gasteiger partial charge is 0.321 e. The molecule has 1 unspecified atom stereocenters. The van der Waals surface area contributed by atoms with E-state index in [4.69, 9.17) is 10.8 Å². The fraction of sp³-hybridized carbons (Fsp3) is 0.429. The van der Waals surface area contributed by atoms with Crippen LogP contribution in [-0.2, 0) is 16.1 Å². The lowest BCUT2D eigenvalue weighted by atomic mass is 10.1. The molecule has 0 aromatic heterocycles. The average Bonchev–Trinajstić information content (AvgIpc) is 2.33. The SMILES string of the molecule is Cc1ccc(CN(C)C(=O)CC(N)C(=O)O)cc1C. The molecule has 0 saturated heterocycles. The summed E-state index contributed by atoms with van der Waals surface area (Å²) in [5, 5.41) is 8.67. The normalized spacial score (nSPS) is 12.0. The largest absolute Gasteiger partial charge is 0.480 e. The van der Waals surface area contributed by atoms with Crippen molar-refractivity contribution in [2.75, 3.05) is 7.05 Å². The standard InChI is InChI=1S/C14H20N2O3/c1-9-4-5-11(6-10(9)2)8-16(3)13(17)7-12(15)14(18)19/h4-6,12H,7-8,15H2,1-3H3,(H,18,19). The minimum Gasteiger partial charge on any atom is -0.480 e. The Balaban J connectivity index is 2.63. The maximum atomic E-state index is 11.8. The van der Waals surface area contributed by atoms with Crippen molar-refractivity contribution < 1.29 is 14.7 Å². The van der Waals surface area contributed by atoms with E-state index < -0.39 is 12.0 Å². The summed E-state index contributed by atoms with van der Waals surface area (Å²) in [6.07, 6.45) is -0.184. The van der Waals surface area contributed by atoms with Crippen molar-refractivity contribution in [3.8, 4) is 0 Å². The van der Waals surface area contributed by atoms with Crippen LogP contribution in [0.1, 0.15) is 23.1 Å². The van der Waals surface area contributed by atoms with Crippen LogP contribution in [0.3, 0.4) is 0 Å². The number of benzene rings is 1. The topological polar surface area (TPSA) is 83.6 Å². The van der Waals surface area contributed by atoms with E-state index in [1.54, 1.807) is 7.05 Å². The van der Waals surface area contributed by atoms with Crippen molar-refractivity contribution in [2.45, 2.75) is 32.9 Å². The number of aryl methyl sites for hydroxylation is 2. The van der Waals surface area contributed by atoms with Gasteiger partial charge in [0, 0.05) is 13.6 Å². The van der Waals surface area contributed by atoms with Gasteiger partial charge >= 0.3 is 5.97 Å². The molecule has 0 aliphatic heterocycles. The Labute approximate surface area is 113 Å². The van der Waals surface area contributed by atoms with Crippen molar-refractivity contribution in [1.82, 2.24) is 4.90 Å². The van der Waals surface area contributed by atoms with E-state index in [1.165, 1.54) is 16.0 Å².